The van der Waals surface area contributed by atoms with Crippen molar-refractivity contribution >= 4 is 11.9 Å². The Hall–Kier alpha value is -2.19. The van der Waals surface area contributed by atoms with Crippen molar-refractivity contribution in [2.45, 2.75) is 31.5 Å². The van der Waals surface area contributed by atoms with Crippen LogP contribution in [0.3, 0.4) is 0 Å². The molecule has 0 saturated heterocycles. The summed E-state index contributed by atoms with van der Waals surface area (Å²) < 4.78 is 31.7. The third-order valence-electron chi connectivity index (χ3n) is 2.43. The van der Waals surface area contributed by atoms with Crippen LogP contribution in [-0.4, -0.2) is 65.7 Å². The van der Waals surface area contributed by atoms with Crippen molar-refractivity contribution in [2.24, 2.45) is 22.2 Å². The van der Waals surface area contributed by atoms with Crippen LogP contribution in [-0.2, 0) is 4.79 Å². The molecule has 0 aliphatic heterocycles. The predicted octanol–water partition coefficient (Wildman–Crippen LogP) is -1.35. The highest BCUT2D eigenvalue weighted by Crippen LogP contribution is 2.13. The van der Waals surface area contributed by atoms with Gasteiger partial charge in [0.1, 0.15) is 4.91 Å². The Bertz CT molecular complexity index is 421. The van der Waals surface area contributed by atoms with Gasteiger partial charge in [0, 0.05) is 19.1 Å². The monoisotopic (exact) mass is 376 g/mol. The molecule has 0 aliphatic carbocycles. The van der Waals surface area contributed by atoms with E-state index in [2.05, 4.69) is 10.3 Å². The number of hydrogen-bond donors (Lipinski definition) is 7. The number of aliphatic carboxylic acids is 1. The fourth-order valence-electron chi connectivity index (χ4n) is 1.30. The molecule has 0 aromatic heterocycles. The number of rotatable bonds is 10. The SMILES string of the molecule is NCCCNCC(N)CCCN=C(N)N[N+](=O)O.O=C(O)C(F)(F)F. The Morgan fingerprint density at radius 1 is 1.32 bits per heavy atom. The molecule has 0 aliphatic rings. The predicted molar refractivity (Wildman–Crippen MR) is 82.5 cm³/mol. The number of hydrogen-bond acceptors (Lipinski definition) is 6. The van der Waals surface area contributed by atoms with Gasteiger partial charge in [-0.1, -0.05) is 0 Å². The van der Waals surface area contributed by atoms with Gasteiger partial charge in [-0.2, -0.15) is 13.2 Å². The maximum atomic E-state index is 10.6. The van der Waals surface area contributed by atoms with Gasteiger partial charge in [0.25, 0.3) is 5.96 Å². The molecule has 0 spiro atoms. The van der Waals surface area contributed by atoms with E-state index in [9.17, 15) is 18.1 Å². The normalized spacial score (nSPS) is 12.8. The first-order valence-electron chi connectivity index (χ1n) is 7.19. The number of carbonyl (C=O) groups is 1. The molecular formula is C11H25F3N7O4+. The lowest BCUT2D eigenvalue weighted by atomic mass is 10.1. The largest absolute Gasteiger partial charge is 0.490 e. The maximum absolute atomic E-state index is 10.6. The van der Waals surface area contributed by atoms with E-state index in [1.807, 2.05) is 5.43 Å². The van der Waals surface area contributed by atoms with Gasteiger partial charge in [0.05, 0.1) is 0 Å². The summed E-state index contributed by atoms with van der Waals surface area (Å²) >= 11 is 0. The molecule has 0 aromatic carbocycles. The number of aliphatic imine (C=N–C) groups is 1. The van der Waals surface area contributed by atoms with Gasteiger partial charge in [-0.15, -0.1) is 0 Å². The molecule has 0 heterocycles. The molecule has 0 radical (unpaired) electrons. The third kappa shape index (κ3) is 19.8. The second-order valence-electron chi connectivity index (χ2n) is 4.70. The molecule has 0 rings (SSSR count). The molecule has 0 saturated carbocycles. The molecule has 0 aromatic rings. The molecule has 1 atom stereocenters. The van der Waals surface area contributed by atoms with Gasteiger partial charge in [0.15, 0.2) is 0 Å². The fraction of sp³-hybridized carbons (Fsp3) is 0.818. The Morgan fingerprint density at radius 3 is 2.32 bits per heavy atom. The van der Waals surface area contributed by atoms with E-state index in [0.717, 1.165) is 32.4 Å². The smallest absolute Gasteiger partial charge is 0.475 e. The van der Waals surface area contributed by atoms with Gasteiger partial charge < -0.3 is 27.6 Å². The molecule has 148 valence electrons. The molecule has 14 heteroatoms. The van der Waals surface area contributed by atoms with Crippen molar-refractivity contribution in [3.8, 4) is 0 Å². The topological polar surface area (TPSA) is 192 Å². The summed E-state index contributed by atoms with van der Waals surface area (Å²) in [5.74, 6) is -2.88. The molecule has 1 unspecified atom stereocenters. The minimum atomic E-state index is -5.08. The molecule has 0 bridgehead atoms. The first-order valence-corrected chi connectivity index (χ1v) is 7.19. The highest BCUT2D eigenvalue weighted by Gasteiger charge is 2.38. The first kappa shape index (κ1) is 25.1. The zero-order valence-electron chi connectivity index (χ0n) is 13.5. The number of nitrogens with zero attached hydrogens (tertiary/aromatic N) is 2. The number of alkyl halides is 3. The van der Waals surface area contributed by atoms with Crippen LogP contribution in [0.5, 0.6) is 0 Å². The van der Waals surface area contributed by atoms with Gasteiger partial charge in [0.2, 0.25) is 0 Å². The summed E-state index contributed by atoms with van der Waals surface area (Å²) in [5.41, 5.74) is 18.4. The Labute approximate surface area is 141 Å². The summed E-state index contributed by atoms with van der Waals surface area (Å²) in [6.45, 7) is 2.73. The molecular weight excluding hydrogens is 351 g/mol. The Kier molecular flexibility index (Phi) is 14.2. The van der Waals surface area contributed by atoms with Gasteiger partial charge in [-0.3, -0.25) is 0 Å². The zero-order valence-corrected chi connectivity index (χ0v) is 13.5. The van der Waals surface area contributed by atoms with Crippen LogP contribution in [0.1, 0.15) is 19.3 Å². The number of nitrogens with two attached hydrogens (primary N) is 3. The second-order valence-corrected chi connectivity index (χ2v) is 4.70. The number of carboxylic acid groups (broad SMARTS) is 1. The van der Waals surface area contributed by atoms with Gasteiger partial charge in [-0.25, -0.2) is 15.0 Å². The number of hydrazine groups is 1. The fourth-order valence-corrected chi connectivity index (χ4v) is 1.30. The first-order chi connectivity index (χ1) is 11.5. The second kappa shape index (κ2) is 14.2. The van der Waals surface area contributed by atoms with E-state index in [4.69, 9.17) is 32.3 Å². The molecule has 0 amide bonds. The van der Waals surface area contributed by atoms with Crippen LogP contribution in [0.25, 0.3) is 0 Å². The highest BCUT2D eigenvalue weighted by molar-refractivity contribution is 5.76. The van der Waals surface area contributed by atoms with Crippen LogP contribution in [0.15, 0.2) is 4.99 Å². The lowest BCUT2D eigenvalue weighted by Gasteiger charge is -2.11. The van der Waals surface area contributed by atoms with Crippen molar-refractivity contribution in [3.05, 3.63) is 4.91 Å². The average Bonchev–Trinajstić information content (AvgIpc) is 2.47. The summed E-state index contributed by atoms with van der Waals surface area (Å²) in [5, 5.41) is 18.1. The Morgan fingerprint density at radius 2 is 1.88 bits per heavy atom. The maximum Gasteiger partial charge on any atom is 0.490 e. The summed E-state index contributed by atoms with van der Waals surface area (Å²) in [6.07, 6.45) is -2.59. The number of guanidine groups is 1. The molecule has 0 fully saturated rings. The zero-order chi connectivity index (χ0) is 19.9. The van der Waals surface area contributed by atoms with E-state index in [1.165, 1.54) is 0 Å². The number of halogens is 3. The van der Waals surface area contributed by atoms with Gasteiger partial charge >= 0.3 is 17.2 Å². The van der Waals surface area contributed by atoms with Crippen LogP contribution >= 0.6 is 0 Å². The summed E-state index contributed by atoms with van der Waals surface area (Å²) in [4.78, 5) is 22.9. The standard InChI is InChI=1S/C9H24N7O2.C2HF3O2/c10-4-2-5-13-7-8(11)3-1-6-14-9(12)15-16(17)18;3-2(4,5)1(6)7/h8,13H,1-7,10-11H2,(H,17,18)(H3,12,14,15);(H,6,7)/q+1;. The van der Waals surface area contributed by atoms with Gasteiger partial charge in [-0.05, 0) is 37.8 Å². The molecule has 10 N–H and O–H groups in total. The third-order valence-corrected chi connectivity index (χ3v) is 2.43. The van der Waals surface area contributed by atoms with Crippen molar-refractivity contribution in [1.82, 2.24) is 10.7 Å². The van der Waals surface area contributed by atoms with E-state index in [1.54, 1.807) is 0 Å². The summed E-state index contributed by atoms with van der Waals surface area (Å²) in [7, 11) is 0. The van der Waals surface area contributed by atoms with Crippen molar-refractivity contribution < 1.29 is 33.3 Å². The van der Waals surface area contributed by atoms with Crippen molar-refractivity contribution in [3.63, 3.8) is 0 Å². The van der Waals surface area contributed by atoms with E-state index in [-0.39, 0.29) is 12.0 Å². The number of nitrogens with one attached hydrogen (secondary N) is 2. The van der Waals surface area contributed by atoms with E-state index >= 15 is 0 Å². The lowest BCUT2D eigenvalue weighted by molar-refractivity contribution is -0.822. The quantitative estimate of drug-likeness (QED) is 0.104. The minimum Gasteiger partial charge on any atom is -0.475 e. The van der Waals surface area contributed by atoms with Crippen LogP contribution in [0.2, 0.25) is 0 Å². The minimum absolute atomic E-state index is 0.0565. The Balaban J connectivity index is 0. The van der Waals surface area contributed by atoms with E-state index < -0.39 is 17.2 Å². The lowest BCUT2D eigenvalue weighted by Crippen LogP contribution is -2.37. The van der Waals surface area contributed by atoms with E-state index in [0.29, 0.717) is 13.1 Å². The molecule has 25 heavy (non-hydrogen) atoms. The number of carboxylic acids is 1. The van der Waals surface area contributed by atoms with Crippen molar-refractivity contribution in [2.75, 3.05) is 26.2 Å². The van der Waals surface area contributed by atoms with Crippen LogP contribution in [0.4, 0.5) is 13.2 Å². The van der Waals surface area contributed by atoms with Crippen molar-refractivity contribution in [1.29, 1.82) is 0 Å². The summed E-state index contributed by atoms with van der Waals surface area (Å²) in [6, 6.07) is 0.0565. The molecule has 11 nitrogen and oxygen atoms in total. The average molecular weight is 376 g/mol. The highest BCUT2D eigenvalue weighted by atomic mass is 19.4. The van der Waals surface area contributed by atoms with Crippen LogP contribution in [0, 0.1) is 4.91 Å². The van der Waals surface area contributed by atoms with Crippen LogP contribution < -0.4 is 27.9 Å².